The number of ether oxygens (including phenoxy) is 1. The average molecular weight is 741 g/mol. The molecule has 2 aromatic rings. The van der Waals surface area contributed by atoms with Crippen molar-refractivity contribution < 1.29 is 44.0 Å². The first-order chi connectivity index (χ1) is 25.3. The number of aliphatic hydroxyl groups is 3. The van der Waals surface area contributed by atoms with Crippen LogP contribution < -0.4 is 5.32 Å². The highest BCUT2D eigenvalue weighted by molar-refractivity contribution is 7.99. The van der Waals surface area contributed by atoms with Gasteiger partial charge in [0.2, 0.25) is 5.91 Å². The van der Waals surface area contributed by atoms with Crippen molar-refractivity contribution >= 4 is 46.7 Å². The fourth-order valence-electron chi connectivity index (χ4n) is 9.93. The van der Waals surface area contributed by atoms with Gasteiger partial charge < -0.3 is 25.4 Å². The van der Waals surface area contributed by atoms with E-state index in [4.69, 9.17) is 4.74 Å². The molecule has 9 atom stereocenters. The molecular formula is C41H44N2O9S. The fraction of sp³-hybridized carbons (Fsp3) is 0.439. The molecule has 1 aliphatic heterocycles. The van der Waals surface area contributed by atoms with Crippen molar-refractivity contribution in [2.75, 3.05) is 18.5 Å². The number of carbonyl (C=O) groups excluding carboxylic acids is 5. The van der Waals surface area contributed by atoms with Gasteiger partial charge in [-0.25, -0.2) is 0 Å². The molecule has 3 saturated carbocycles. The number of anilines is 1. The Morgan fingerprint density at radius 2 is 1.77 bits per heavy atom. The molecule has 4 N–H and O–H groups in total. The summed E-state index contributed by atoms with van der Waals surface area (Å²) in [6, 6.07) is 14.5. The van der Waals surface area contributed by atoms with Gasteiger partial charge >= 0.3 is 0 Å². The number of fused-ring (bicyclic) bond motifs is 5. The normalized spacial score (nSPS) is 32.2. The van der Waals surface area contributed by atoms with E-state index in [1.165, 1.54) is 23.9 Å². The molecule has 0 radical (unpaired) electrons. The van der Waals surface area contributed by atoms with Gasteiger partial charge in [0.1, 0.15) is 6.61 Å². The molecular weight excluding hydrogens is 697 g/mol. The molecule has 0 saturated heterocycles. The Bertz CT molecular complexity index is 1910. The van der Waals surface area contributed by atoms with Gasteiger partial charge in [0.15, 0.2) is 17.9 Å². The van der Waals surface area contributed by atoms with Crippen LogP contribution in [-0.4, -0.2) is 74.9 Å². The van der Waals surface area contributed by atoms with Gasteiger partial charge in [0, 0.05) is 57.5 Å². The van der Waals surface area contributed by atoms with Crippen molar-refractivity contribution in [1.82, 2.24) is 4.90 Å². The van der Waals surface area contributed by atoms with Gasteiger partial charge in [-0.2, -0.15) is 0 Å². The molecule has 5 aliphatic rings. The summed E-state index contributed by atoms with van der Waals surface area (Å²) in [6.07, 6.45) is 7.22. The molecule has 0 bridgehead atoms. The van der Waals surface area contributed by atoms with Crippen molar-refractivity contribution in [2.45, 2.75) is 74.2 Å². The largest absolute Gasteiger partial charge is 0.393 e. The van der Waals surface area contributed by atoms with Crippen molar-refractivity contribution in [3.63, 3.8) is 0 Å². The van der Waals surface area contributed by atoms with E-state index < -0.39 is 53.7 Å². The van der Waals surface area contributed by atoms with Gasteiger partial charge in [-0.05, 0) is 85.4 Å². The van der Waals surface area contributed by atoms with Crippen molar-refractivity contribution in [3.8, 4) is 0 Å². The SMILES string of the molecule is C[C@]12C=CC(=O)C=C1CC[C@@H]1C2[C@@H](O)C[C@@]2(C)C1CC(O[C@H](O)c1ccc(Sc3cccc(NC(=O)CCN4C(=O)C=CC4=O)c3)cc1)[C@@H]2C(=O)CO. The van der Waals surface area contributed by atoms with E-state index in [1.807, 2.05) is 43.3 Å². The minimum absolute atomic E-state index is 0.00402. The third kappa shape index (κ3) is 6.99. The lowest BCUT2D eigenvalue weighted by Crippen LogP contribution is -2.56. The predicted molar refractivity (Wildman–Crippen MR) is 195 cm³/mol. The summed E-state index contributed by atoms with van der Waals surface area (Å²) in [5.74, 6) is -2.34. The first-order valence-electron chi connectivity index (χ1n) is 18.1. The number of hydrogen-bond donors (Lipinski definition) is 4. The second-order valence-electron chi connectivity index (χ2n) is 15.3. The van der Waals surface area contributed by atoms with Crippen LogP contribution in [0.4, 0.5) is 5.69 Å². The summed E-state index contributed by atoms with van der Waals surface area (Å²) >= 11 is 1.45. The number of carbonyl (C=O) groups is 5. The van der Waals surface area contributed by atoms with E-state index in [0.717, 1.165) is 33.1 Å². The van der Waals surface area contributed by atoms with Crippen LogP contribution in [0.5, 0.6) is 0 Å². The Balaban J connectivity index is 1.00. The van der Waals surface area contributed by atoms with E-state index >= 15 is 0 Å². The first kappa shape index (κ1) is 37.1. The van der Waals surface area contributed by atoms with E-state index in [0.29, 0.717) is 24.1 Å². The summed E-state index contributed by atoms with van der Waals surface area (Å²) in [5, 5.41) is 35.9. The summed E-state index contributed by atoms with van der Waals surface area (Å²) in [6.45, 7) is 3.45. The molecule has 2 aromatic carbocycles. The monoisotopic (exact) mass is 740 g/mol. The van der Waals surface area contributed by atoms with Crippen molar-refractivity contribution in [3.05, 3.63) is 90.0 Å². The zero-order chi connectivity index (χ0) is 37.7. The number of nitrogens with zero attached hydrogens (tertiary/aromatic N) is 1. The van der Waals surface area contributed by atoms with E-state index in [9.17, 15) is 39.3 Å². The number of benzene rings is 2. The third-order valence-corrected chi connectivity index (χ3v) is 13.3. The number of rotatable bonds is 11. The zero-order valence-corrected chi connectivity index (χ0v) is 30.5. The summed E-state index contributed by atoms with van der Waals surface area (Å²) < 4.78 is 6.31. The molecule has 3 amide bonds. The molecule has 7 rings (SSSR count). The Hall–Kier alpha value is -4.20. The average Bonchev–Trinajstić information content (AvgIpc) is 3.60. The van der Waals surface area contributed by atoms with Crippen LogP contribution in [-0.2, 0) is 28.7 Å². The lowest BCUT2D eigenvalue weighted by atomic mass is 9.46. The number of amides is 3. The Kier molecular flexibility index (Phi) is 10.2. The highest BCUT2D eigenvalue weighted by Gasteiger charge is 2.65. The Labute approximate surface area is 312 Å². The van der Waals surface area contributed by atoms with Gasteiger partial charge in [0.05, 0.1) is 18.1 Å². The maximum absolute atomic E-state index is 13.4. The molecule has 3 fully saturated rings. The maximum atomic E-state index is 13.4. The van der Waals surface area contributed by atoms with Crippen LogP contribution in [0.15, 0.2) is 94.3 Å². The second kappa shape index (κ2) is 14.6. The van der Waals surface area contributed by atoms with Crippen LogP contribution in [0.25, 0.3) is 0 Å². The number of ketones is 2. The van der Waals surface area contributed by atoms with Crippen LogP contribution >= 0.6 is 11.8 Å². The molecule has 4 aliphatic carbocycles. The number of hydrogen-bond acceptors (Lipinski definition) is 10. The number of allylic oxidation sites excluding steroid dienone is 4. The zero-order valence-electron chi connectivity index (χ0n) is 29.6. The molecule has 278 valence electrons. The second-order valence-corrected chi connectivity index (χ2v) is 16.5. The van der Waals surface area contributed by atoms with Crippen molar-refractivity contribution in [1.29, 1.82) is 0 Å². The summed E-state index contributed by atoms with van der Waals surface area (Å²) in [7, 11) is 0. The van der Waals surface area contributed by atoms with Crippen LogP contribution in [0.2, 0.25) is 0 Å². The van der Waals surface area contributed by atoms with Gasteiger partial charge in [0.25, 0.3) is 11.8 Å². The van der Waals surface area contributed by atoms with Gasteiger partial charge in [-0.1, -0.05) is 55.5 Å². The highest BCUT2D eigenvalue weighted by Crippen LogP contribution is 2.66. The van der Waals surface area contributed by atoms with Gasteiger partial charge in [-0.15, -0.1) is 0 Å². The number of aliphatic hydroxyl groups excluding tert-OH is 3. The lowest BCUT2D eigenvalue weighted by molar-refractivity contribution is -0.167. The predicted octanol–water partition coefficient (Wildman–Crippen LogP) is 4.53. The Morgan fingerprint density at radius 3 is 2.49 bits per heavy atom. The number of imide groups is 1. The van der Waals surface area contributed by atoms with Crippen LogP contribution in [0.1, 0.15) is 57.8 Å². The molecule has 53 heavy (non-hydrogen) atoms. The molecule has 12 heteroatoms. The van der Waals surface area contributed by atoms with Crippen LogP contribution in [0, 0.1) is 34.5 Å². The minimum Gasteiger partial charge on any atom is -0.393 e. The van der Waals surface area contributed by atoms with E-state index in [-0.39, 0.29) is 48.2 Å². The molecule has 0 spiro atoms. The summed E-state index contributed by atoms with van der Waals surface area (Å²) in [5.41, 5.74) is 1.01. The highest BCUT2D eigenvalue weighted by atomic mass is 32.2. The fourth-order valence-corrected chi connectivity index (χ4v) is 10.8. The standard InChI is InChI=1S/C41H44N2O9S/c1-40-16-14-26(45)18-24(40)8-11-29-30-20-33(38(32(47)22-44)41(30,2)21-31(46)37(29)40)52-39(51)23-6-9-27(10-7-23)53-28-5-3-4-25(19-28)42-34(48)15-17-43-35(49)12-13-36(43)50/h3-7,9-10,12-14,16,18-19,29-31,33,37-39,44,46,51H,8,11,15,17,20-22H2,1-2H3,(H,42,48)/t29-,30?,31-,33?,37?,38-,39-,40-,41-/m0/s1. The third-order valence-electron chi connectivity index (χ3n) is 12.3. The quantitative estimate of drug-likeness (QED) is 0.190. The molecule has 11 nitrogen and oxygen atoms in total. The number of nitrogens with one attached hydrogen (secondary N) is 1. The van der Waals surface area contributed by atoms with Crippen LogP contribution in [0.3, 0.4) is 0 Å². The van der Waals surface area contributed by atoms with Crippen molar-refractivity contribution in [2.24, 2.45) is 34.5 Å². The molecule has 0 aromatic heterocycles. The first-order valence-corrected chi connectivity index (χ1v) is 18.9. The molecule has 1 heterocycles. The van der Waals surface area contributed by atoms with E-state index in [2.05, 4.69) is 12.2 Å². The topological polar surface area (TPSA) is 171 Å². The maximum Gasteiger partial charge on any atom is 0.253 e. The molecule has 3 unspecified atom stereocenters. The van der Waals surface area contributed by atoms with E-state index in [1.54, 1.807) is 30.4 Å². The summed E-state index contributed by atoms with van der Waals surface area (Å²) in [4.78, 5) is 64.4. The van der Waals surface area contributed by atoms with Gasteiger partial charge in [-0.3, -0.25) is 28.9 Å². The number of Topliss-reactive ketones (excluding diaryl/α,β-unsaturated/α-hetero) is 1. The Morgan fingerprint density at radius 1 is 1.04 bits per heavy atom. The lowest BCUT2D eigenvalue weighted by Gasteiger charge is -2.58. The smallest absolute Gasteiger partial charge is 0.253 e. The minimum atomic E-state index is -1.33.